The Bertz CT molecular complexity index is 396. The standard InChI is InChI=1S/C17H32N2O/c1-12(2)8-14(5)19(7)11-16-9-17(20-15(16)6)10-18-13(3)4/h9,12-14,18H,8,10-11H2,1-7H3. The molecule has 0 aliphatic rings. The summed E-state index contributed by atoms with van der Waals surface area (Å²) in [6.07, 6.45) is 1.23. The molecule has 1 unspecified atom stereocenters. The minimum Gasteiger partial charge on any atom is -0.465 e. The van der Waals surface area contributed by atoms with Crippen molar-refractivity contribution in [3.63, 3.8) is 0 Å². The summed E-state index contributed by atoms with van der Waals surface area (Å²) >= 11 is 0. The van der Waals surface area contributed by atoms with E-state index in [-0.39, 0.29) is 0 Å². The van der Waals surface area contributed by atoms with Crippen molar-refractivity contribution < 1.29 is 4.42 Å². The smallest absolute Gasteiger partial charge is 0.118 e. The summed E-state index contributed by atoms with van der Waals surface area (Å²) in [6, 6.07) is 3.28. The van der Waals surface area contributed by atoms with Gasteiger partial charge in [0.25, 0.3) is 0 Å². The number of nitrogens with zero attached hydrogens (tertiary/aromatic N) is 1. The van der Waals surface area contributed by atoms with Gasteiger partial charge in [-0.2, -0.15) is 0 Å². The van der Waals surface area contributed by atoms with Crippen LogP contribution < -0.4 is 5.32 Å². The average molecular weight is 280 g/mol. The molecule has 0 aliphatic carbocycles. The molecule has 1 aromatic heterocycles. The van der Waals surface area contributed by atoms with E-state index in [4.69, 9.17) is 4.42 Å². The largest absolute Gasteiger partial charge is 0.465 e. The fraction of sp³-hybridized carbons (Fsp3) is 0.765. The molecule has 0 aromatic carbocycles. The summed E-state index contributed by atoms with van der Waals surface area (Å²) in [5.41, 5.74) is 1.31. The Labute approximate surface area is 124 Å². The second kappa shape index (κ2) is 7.84. The fourth-order valence-corrected chi connectivity index (χ4v) is 2.42. The minimum absolute atomic E-state index is 0.484. The third-order valence-corrected chi connectivity index (χ3v) is 3.74. The predicted octanol–water partition coefficient (Wildman–Crippen LogP) is 3.95. The van der Waals surface area contributed by atoms with Gasteiger partial charge in [0, 0.05) is 24.2 Å². The number of rotatable bonds is 8. The first-order chi connectivity index (χ1) is 9.29. The van der Waals surface area contributed by atoms with Crippen LogP contribution in [0.4, 0.5) is 0 Å². The van der Waals surface area contributed by atoms with Crippen molar-refractivity contribution in [2.75, 3.05) is 7.05 Å². The minimum atomic E-state index is 0.484. The Hall–Kier alpha value is -0.800. The molecule has 0 aliphatic heterocycles. The lowest BCUT2D eigenvalue weighted by atomic mass is 10.0. The van der Waals surface area contributed by atoms with Gasteiger partial charge in [-0.1, -0.05) is 27.7 Å². The van der Waals surface area contributed by atoms with Crippen LogP contribution in [0.25, 0.3) is 0 Å². The van der Waals surface area contributed by atoms with Crippen molar-refractivity contribution in [3.05, 3.63) is 23.2 Å². The van der Waals surface area contributed by atoms with E-state index in [1.807, 2.05) is 0 Å². The van der Waals surface area contributed by atoms with Crippen LogP contribution in [0.3, 0.4) is 0 Å². The van der Waals surface area contributed by atoms with Crippen molar-refractivity contribution in [2.45, 2.75) is 73.1 Å². The van der Waals surface area contributed by atoms with Crippen molar-refractivity contribution in [3.8, 4) is 0 Å². The highest BCUT2D eigenvalue weighted by Crippen LogP contribution is 2.19. The highest BCUT2D eigenvalue weighted by molar-refractivity contribution is 5.20. The second-order valence-electron chi connectivity index (χ2n) is 6.72. The highest BCUT2D eigenvalue weighted by atomic mass is 16.3. The van der Waals surface area contributed by atoms with Gasteiger partial charge in [-0.05, 0) is 39.3 Å². The molecule has 3 heteroatoms. The third-order valence-electron chi connectivity index (χ3n) is 3.74. The summed E-state index contributed by atoms with van der Waals surface area (Å²) in [5.74, 6) is 2.83. The van der Waals surface area contributed by atoms with Crippen molar-refractivity contribution in [1.29, 1.82) is 0 Å². The first-order valence-corrected chi connectivity index (χ1v) is 7.81. The Kier molecular flexibility index (Phi) is 6.77. The van der Waals surface area contributed by atoms with Gasteiger partial charge in [-0.3, -0.25) is 4.90 Å². The zero-order valence-corrected chi connectivity index (χ0v) is 14.3. The lowest BCUT2D eigenvalue weighted by molar-refractivity contribution is 0.219. The summed E-state index contributed by atoms with van der Waals surface area (Å²) in [5, 5.41) is 3.40. The monoisotopic (exact) mass is 280 g/mol. The maximum absolute atomic E-state index is 5.84. The van der Waals surface area contributed by atoms with E-state index in [9.17, 15) is 0 Å². The zero-order chi connectivity index (χ0) is 15.3. The topological polar surface area (TPSA) is 28.4 Å². The number of aryl methyl sites for hydroxylation is 1. The fourth-order valence-electron chi connectivity index (χ4n) is 2.42. The molecule has 1 rings (SSSR count). The van der Waals surface area contributed by atoms with Gasteiger partial charge in [-0.25, -0.2) is 0 Å². The third kappa shape index (κ3) is 5.68. The van der Waals surface area contributed by atoms with Gasteiger partial charge in [0.05, 0.1) is 6.54 Å². The van der Waals surface area contributed by atoms with E-state index in [2.05, 4.69) is 64.9 Å². The van der Waals surface area contributed by atoms with E-state index in [0.29, 0.717) is 12.1 Å². The summed E-state index contributed by atoms with van der Waals surface area (Å²) < 4.78 is 5.84. The van der Waals surface area contributed by atoms with Crippen molar-refractivity contribution >= 4 is 0 Å². The van der Waals surface area contributed by atoms with Gasteiger partial charge < -0.3 is 9.73 Å². The van der Waals surface area contributed by atoms with E-state index in [1.165, 1.54) is 12.0 Å². The Morgan fingerprint density at radius 1 is 1.20 bits per heavy atom. The Morgan fingerprint density at radius 2 is 1.85 bits per heavy atom. The molecule has 3 nitrogen and oxygen atoms in total. The van der Waals surface area contributed by atoms with Gasteiger partial charge in [0.2, 0.25) is 0 Å². The molecular formula is C17H32N2O. The molecule has 20 heavy (non-hydrogen) atoms. The number of hydrogen-bond acceptors (Lipinski definition) is 3. The molecular weight excluding hydrogens is 248 g/mol. The molecule has 0 bridgehead atoms. The molecule has 0 radical (unpaired) electrons. The number of furan rings is 1. The van der Waals surface area contributed by atoms with Crippen LogP contribution in [-0.2, 0) is 13.1 Å². The second-order valence-corrected chi connectivity index (χ2v) is 6.72. The lowest BCUT2D eigenvalue weighted by Gasteiger charge is -2.25. The van der Waals surface area contributed by atoms with Crippen LogP contribution in [0.2, 0.25) is 0 Å². The summed E-state index contributed by atoms with van der Waals surface area (Å²) in [7, 11) is 2.20. The first-order valence-electron chi connectivity index (χ1n) is 7.81. The SMILES string of the molecule is Cc1oc(CNC(C)C)cc1CN(C)C(C)CC(C)C. The molecule has 1 N–H and O–H groups in total. The van der Waals surface area contributed by atoms with E-state index >= 15 is 0 Å². The van der Waals surface area contributed by atoms with Crippen molar-refractivity contribution in [1.82, 2.24) is 10.2 Å². The van der Waals surface area contributed by atoms with Crippen LogP contribution in [0.1, 0.15) is 58.1 Å². The number of nitrogens with one attached hydrogen (secondary N) is 1. The maximum atomic E-state index is 5.84. The predicted molar refractivity (Wildman–Crippen MR) is 85.8 cm³/mol. The van der Waals surface area contributed by atoms with Crippen LogP contribution >= 0.6 is 0 Å². The zero-order valence-electron chi connectivity index (χ0n) is 14.3. The number of hydrogen-bond donors (Lipinski definition) is 1. The molecule has 116 valence electrons. The molecule has 1 atom stereocenters. The van der Waals surface area contributed by atoms with Gasteiger partial charge in [-0.15, -0.1) is 0 Å². The van der Waals surface area contributed by atoms with E-state index < -0.39 is 0 Å². The molecule has 1 heterocycles. The lowest BCUT2D eigenvalue weighted by Crippen LogP contribution is -2.29. The quantitative estimate of drug-likeness (QED) is 0.781. The highest BCUT2D eigenvalue weighted by Gasteiger charge is 2.15. The van der Waals surface area contributed by atoms with Crippen LogP contribution in [-0.4, -0.2) is 24.0 Å². The van der Waals surface area contributed by atoms with Gasteiger partial charge >= 0.3 is 0 Å². The molecule has 0 saturated heterocycles. The van der Waals surface area contributed by atoms with Crippen LogP contribution in [0.15, 0.2) is 10.5 Å². The van der Waals surface area contributed by atoms with Crippen molar-refractivity contribution in [2.24, 2.45) is 5.92 Å². The first kappa shape index (κ1) is 17.3. The molecule has 1 aromatic rings. The molecule has 0 spiro atoms. The average Bonchev–Trinajstić information content (AvgIpc) is 2.66. The molecule has 0 saturated carbocycles. The van der Waals surface area contributed by atoms with Crippen LogP contribution in [0, 0.1) is 12.8 Å². The van der Waals surface area contributed by atoms with Crippen LogP contribution in [0.5, 0.6) is 0 Å². The van der Waals surface area contributed by atoms with E-state index in [1.54, 1.807) is 0 Å². The van der Waals surface area contributed by atoms with E-state index in [0.717, 1.165) is 30.5 Å². The van der Waals surface area contributed by atoms with Gasteiger partial charge in [0.1, 0.15) is 11.5 Å². The van der Waals surface area contributed by atoms with Gasteiger partial charge in [0.15, 0.2) is 0 Å². The summed E-state index contributed by atoms with van der Waals surface area (Å²) in [6.45, 7) is 15.0. The Morgan fingerprint density at radius 3 is 2.40 bits per heavy atom. The molecule has 0 fully saturated rings. The Balaban J connectivity index is 2.58. The summed E-state index contributed by atoms with van der Waals surface area (Å²) in [4.78, 5) is 2.41. The normalized spacial score (nSPS) is 13.7. The maximum Gasteiger partial charge on any atom is 0.118 e. The molecule has 0 amide bonds.